The molecule has 0 aromatic heterocycles. The highest BCUT2D eigenvalue weighted by Gasteiger charge is 2.24. The van der Waals surface area contributed by atoms with E-state index < -0.39 is 6.04 Å². The summed E-state index contributed by atoms with van der Waals surface area (Å²) < 4.78 is 11.4. The third kappa shape index (κ3) is 40.4. The van der Waals surface area contributed by atoms with Gasteiger partial charge < -0.3 is 19.3 Å². The molecule has 306 valence electrons. The molecule has 0 aromatic rings. The Morgan fingerprint density at radius 1 is 0.491 bits per heavy atom. The van der Waals surface area contributed by atoms with Gasteiger partial charge in [-0.15, -0.1) is 0 Å². The van der Waals surface area contributed by atoms with Crippen molar-refractivity contribution in [2.45, 2.75) is 187 Å². The van der Waals surface area contributed by atoms with Crippen LogP contribution in [0.4, 0.5) is 0 Å². The quantitative estimate of drug-likeness (QED) is 0.0296. The lowest BCUT2D eigenvalue weighted by Gasteiger charge is -2.25. The molecule has 0 aliphatic rings. The average molecular weight is 744 g/mol. The fraction of sp³-hybridized carbons (Fsp3) is 0.761. The Morgan fingerprint density at radius 2 is 0.830 bits per heavy atom. The molecular formula is C46H83N2O5+. The molecule has 1 amide bonds. The lowest BCUT2D eigenvalue weighted by atomic mass is 10.1. The molecule has 0 bridgehead atoms. The summed E-state index contributed by atoms with van der Waals surface area (Å²) in [5.41, 5.74) is 0. The summed E-state index contributed by atoms with van der Waals surface area (Å²) in [6, 6.07) is -0.638. The Kier molecular flexibility index (Phi) is 35.7. The van der Waals surface area contributed by atoms with E-state index in [2.05, 4.69) is 67.8 Å². The SMILES string of the molecule is CCCCC/C=C\C/C=C\CCCCCCCCOC(=O)CC(CC(=O)OCCCCCCCC/C=C\C/C=C\CCCCC)NC(=O)C[N+](C)(C)C. The van der Waals surface area contributed by atoms with Crippen molar-refractivity contribution in [3.8, 4) is 0 Å². The van der Waals surface area contributed by atoms with Crippen molar-refractivity contribution in [3.63, 3.8) is 0 Å². The van der Waals surface area contributed by atoms with E-state index in [4.69, 9.17) is 9.47 Å². The zero-order valence-corrected chi connectivity index (χ0v) is 35.2. The minimum Gasteiger partial charge on any atom is -0.466 e. The molecule has 0 unspecified atom stereocenters. The van der Waals surface area contributed by atoms with E-state index in [9.17, 15) is 14.4 Å². The first kappa shape index (κ1) is 50.3. The molecule has 0 spiro atoms. The van der Waals surface area contributed by atoms with Gasteiger partial charge in [-0.2, -0.15) is 0 Å². The Hall–Kier alpha value is -2.67. The number of carbonyl (C=O) groups is 3. The lowest BCUT2D eigenvalue weighted by Crippen LogP contribution is -2.48. The van der Waals surface area contributed by atoms with Crippen molar-refractivity contribution >= 4 is 17.8 Å². The third-order valence-electron chi connectivity index (χ3n) is 9.03. The summed E-state index contributed by atoms with van der Waals surface area (Å²) in [6.07, 6.45) is 46.0. The van der Waals surface area contributed by atoms with Gasteiger partial charge in [0.1, 0.15) is 0 Å². The molecule has 0 radical (unpaired) electrons. The standard InChI is InChI=1S/C46H82N2O5/c1-6-8-10-12-14-16-18-20-22-24-26-28-30-32-34-36-38-52-45(50)40-43(47-44(49)42-48(3,4)5)41-46(51)53-39-37-35-33-31-29-27-25-23-21-19-17-15-13-11-9-7-2/h14-17,20-23,43H,6-13,18-19,24-42H2,1-5H3/p+1/b16-14-,17-15-,22-20-,23-21-. The number of quaternary nitrogens is 1. The fourth-order valence-electron chi connectivity index (χ4n) is 5.95. The van der Waals surface area contributed by atoms with Gasteiger partial charge in [0.25, 0.3) is 5.91 Å². The molecule has 7 heteroatoms. The van der Waals surface area contributed by atoms with Crippen LogP contribution in [0, 0.1) is 0 Å². The van der Waals surface area contributed by atoms with Gasteiger partial charge in [-0.25, -0.2) is 0 Å². The number of carbonyl (C=O) groups excluding carboxylic acids is 3. The number of esters is 2. The molecule has 0 saturated carbocycles. The molecule has 0 aliphatic heterocycles. The molecule has 0 aliphatic carbocycles. The molecule has 7 nitrogen and oxygen atoms in total. The fourth-order valence-corrected chi connectivity index (χ4v) is 5.95. The zero-order chi connectivity index (χ0) is 39.1. The van der Waals surface area contributed by atoms with Crippen molar-refractivity contribution in [2.75, 3.05) is 40.9 Å². The van der Waals surface area contributed by atoms with E-state index in [1.165, 1.54) is 89.9 Å². The highest BCUT2D eigenvalue weighted by atomic mass is 16.5. The summed E-state index contributed by atoms with van der Waals surface area (Å²) >= 11 is 0. The largest absolute Gasteiger partial charge is 0.466 e. The molecule has 53 heavy (non-hydrogen) atoms. The highest BCUT2D eigenvalue weighted by molar-refractivity contribution is 5.80. The average Bonchev–Trinajstić information content (AvgIpc) is 3.10. The first-order valence-electron chi connectivity index (χ1n) is 21.7. The second-order valence-corrected chi connectivity index (χ2v) is 15.7. The van der Waals surface area contributed by atoms with Crippen LogP contribution in [0.2, 0.25) is 0 Å². The summed E-state index contributed by atoms with van der Waals surface area (Å²) in [7, 11) is 5.78. The van der Waals surface area contributed by atoms with Crippen LogP contribution in [0.3, 0.4) is 0 Å². The van der Waals surface area contributed by atoms with Gasteiger partial charge >= 0.3 is 11.9 Å². The second-order valence-electron chi connectivity index (χ2n) is 15.7. The molecule has 0 atom stereocenters. The smallest absolute Gasteiger partial charge is 0.307 e. The minimum absolute atomic E-state index is 0.0366. The molecule has 0 heterocycles. The van der Waals surface area contributed by atoms with E-state index in [0.717, 1.165) is 64.2 Å². The van der Waals surface area contributed by atoms with Gasteiger partial charge in [0.15, 0.2) is 6.54 Å². The minimum atomic E-state index is -0.638. The highest BCUT2D eigenvalue weighted by Crippen LogP contribution is 2.11. The lowest BCUT2D eigenvalue weighted by molar-refractivity contribution is -0.862. The van der Waals surface area contributed by atoms with Crippen molar-refractivity contribution in [1.82, 2.24) is 5.32 Å². The van der Waals surface area contributed by atoms with Crippen LogP contribution in [0.5, 0.6) is 0 Å². The topological polar surface area (TPSA) is 81.7 Å². The van der Waals surface area contributed by atoms with E-state index in [0.29, 0.717) is 17.7 Å². The van der Waals surface area contributed by atoms with Crippen molar-refractivity contribution in [3.05, 3.63) is 48.6 Å². The van der Waals surface area contributed by atoms with Crippen LogP contribution in [-0.2, 0) is 23.9 Å². The number of amides is 1. The maximum atomic E-state index is 12.6. The predicted octanol–water partition coefficient (Wildman–Crippen LogP) is 11.7. The molecule has 0 saturated heterocycles. The van der Waals surface area contributed by atoms with Crippen LogP contribution < -0.4 is 5.32 Å². The second kappa shape index (κ2) is 37.6. The number of nitrogens with zero attached hydrogens (tertiary/aromatic N) is 1. The van der Waals surface area contributed by atoms with Gasteiger partial charge in [-0.05, 0) is 77.0 Å². The number of allylic oxidation sites excluding steroid dienone is 8. The molecule has 0 rings (SSSR count). The van der Waals surface area contributed by atoms with Crippen LogP contribution in [0.1, 0.15) is 181 Å². The molecular weight excluding hydrogens is 661 g/mol. The zero-order valence-electron chi connectivity index (χ0n) is 35.2. The van der Waals surface area contributed by atoms with Gasteiger partial charge in [0, 0.05) is 6.04 Å². The number of ether oxygens (including phenoxy) is 2. The van der Waals surface area contributed by atoms with Crippen LogP contribution in [0.15, 0.2) is 48.6 Å². The van der Waals surface area contributed by atoms with Gasteiger partial charge in [-0.3, -0.25) is 14.4 Å². The van der Waals surface area contributed by atoms with Gasteiger partial charge in [-0.1, -0.05) is 140 Å². The van der Waals surface area contributed by atoms with E-state index in [1.807, 2.05) is 21.1 Å². The predicted molar refractivity (Wildman–Crippen MR) is 225 cm³/mol. The summed E-state index contributed by atoms with van der Waals surface area (Å²) in [6.45, 7) is 5.46. The van der Waals surface area contributed by atoms with Crippen LogP contribution in [0.25, 0.3) is 0 Å². The Labute approximate surface area is 327 Å². The maximum absolute atomic E-state index is 12.6. The van der Waals surface area contributed by atoms with Gasteiger partial charge in [0.2, 0.25) is 0 Å². The van der Waals surface area contributed by atoms with E-state index >= 15 is 0 Å². The Bertz CT molecular complexity index is 930. The first-order chi connectivity index (χ1) is 25.7. The number of rotatable bonds is 37. The number of unbranched alkanes of at least 4 members (excludes halogenated alkanes) is 18. The van der Waals surface area contributed by atoms with E-state index in [1.54, 1.807) is 0 Å². The van der Waals surface area contributed by atoms with Crippen molar-refractivity contribution in [1.29, 1.82) is 0 Å². The normalized spacial score (nSPS) is 12.3. The Morgan fingerprint density at radius 3 is 1.19 bits per heavy atom. The van der Waals surface area contributed by atoms with Crippen molar-refractivity contribution < 1.29 is 28.3 Å². The summed E-state index contributed by atoms with van der Waals surface area (Å²) in [5.74, 6) is -0.972. The van der Waals surface area contributed by atoms with Crippen LogP contribution in [-0.4, -0.2) is 69.3 Å². The Balaban J connectivity index is 4.14. The summed E-state index contributed by atoms with van der Waals surface area (Å²) in [5, 5.41) is 2.88. The maximum Gasteiger partial charge on any atom is 0.307 e. The molecule has 0 fully saturated rings. The third-order valence-corrected chi connectivity index (χ3v) is 9.03. The number of nitrogens with one attached hydrogen (secondary N) is 1. The molecule has 1 N–H and O–H groups in total. The number of hydrogen-bond acceptors (Lipinski definition) is 5. The summed E-state index contributed by atoms with van der Waals surface area (Å²) in [4.78, 5) is 37.9. The van der Waals surface area contributed by atoms with E-state index in [-0.39, 0.29) is 37.2 Å². The molecule has 0 aromatic carbocycles. The van der Waals surface area contributed by atoms with Crippen LogP contribution >= 0.6 is 0 Å². The first-order valence-corrected chi connectivity index (χ1v) is 21.7. The number of likely N-dealkylation sites (N-methyl/N-ethyl adjacent to an activating group) is 1. The number of hydrogen-bond donors (Lipinski definition) is 1. The van der Waals surface area contributed by atoms with Gasteiger partial charge in [0.05, 0.1) is 47.2 Å². The monoisotopic (exact) mass is 744 g/mol. The van der Waals surface area contributed by atoms with Crippen molar-refractivity contribution in [2.24, 2.45) is 0 Å².